The zero-order chi connectivity index (χ0) is 14.7. The molecule has 3 rings (SSSR count). The number of halogens is 1. The quantitative estimate of drug-likeness (QED) is 0.877. The van der Waals surface area contributed by atoms with Crippen LogP contribution < -0.4 is 5.32 Å². The van der Waals surface area contributed by atoms with Crippen molar-refractivity contribution in [3.63, 3.8) is 0 Å². The average Bonchev–Trinajstić information content (AvgIpc) is 2.74. The number of aromatic nitrogens is 2. The lowest BCUT2D eigenvalue weighted by Gasteiger charge is -2.13. The molecule has 0 saturated heterocycles. The third-order valence-electron chi connectivity index (χ3n) is 4.02. The zero-order valence-electron chi connectivity index (χ0n) is 12.3. The van der Waals surface area contributed by atoms with Gasteiger partial charge in [0.05, 0.1) is 0 Å². The maximum atomic E-state index is 13.8. The van der Waals surface area contributed by atoms with Crippen LogP contribution in [0.5, 0.6) is 0 Å². The van der Waals surface area contributed by atoms with E-state index in [4.69, 9.17) is 4.98 Å². The van der Waals surface area contributed by atoms with Crippen molar-refractivity contribution in [3.05, 3.63) is 52.7 Å². The summed E-state index contributed by atoms with van der Waals surface area (Å²) in [4.78, 5) is 9.29. The van der Waals surface area contributed by atoms with Crippen molar-refractivity contribution in [2.45, 2.75) is 38.5 Å². The van der Waals surface area contributed by atoms with Crippen molar-refractivity contribution in [1.82, 2.24) is 9.97 Å². The number of benzene rings is 1. The van der Waals surface area contributed by atoms with Gasteiger partial charge in [0.15, 0.2) is 0 Å². The van der Waals surface area contributed by atoms with Crippen molar-refractivity contribution in [3.8, 4) is 0 Å². The first-order valence-corrected chi connectivity index (χ1v) is 7.57. The van der Waals surface area contributed by atoms with Crippen molar-refractivity contribution in [1.29, 1.82) is 0 Å². The van der Waals surface area contributed by atoms with Gasteiger partial charge in [0, 0.05) is 24.7 Å². The third kappa shape index (κ3) is 3.04. The lowest BCUT2D eigenvalue weighted by Crippen LogP contribution is -2.09. The highest BCUT2D eigenvalue weighted by Crippen LogP contribution is 2.25. The number of nitrogens with zero attached hydrogens (tertiary/aromatic N) is 2. The molecule has 0 amide bonds. The maximum absolute atomic E-state index is 13.8. The van der Waals surface area contributed by atoms with Gasteiger partial charge in [0.25, 0.3) is 0 Å². The second-order valence-electron chi connectivity index (χ2n) is 5.49. The Balaban J connectivity index is 1.96. The van der Waals surface area contributed by atoms with Crippen LogP contribution in [-0.2, 0) is 19.3 Å². The molecular weight excluding hydrogens is 265 g/mol. The molecule has 21 heavy (non-hydrogen) atoms. The summed E-state index contributed by atoms with van der Waals surface area (Å²) in [6.07, 6.45) is 6.07. The molecule has 1 aliphatic carbocycles. The summed E-state index contributed by atoms with van der Waals surface area (Å²) in [5.74, 6) is 1.42. The molecule has 2 aromatic rings. The molecule has 110 valence electrons. The number of nitrogens with one attached hydrogen (secondary N) is 1. The van der Waals surface area contributed by atoms with Crippen LogP contribution in [0.1, 0.15) is 41.9 Å². The highest BCUT2D eigenvalue weighted by molar-refractivity contribution is 5.47. The number of hydrogen-bond donors (Lipinski definition) is 1. The fraction of sp³-hybridized carbons (Fsp3) is 0.412. The average molecular weight is 285 g/mol. The van der Waals surface area contributed by atoms with Gasteiger partial charge in [0.1, 0.15) is 17.5 Å². The van der Waals surface area contributed by atoms with Gasteiger partial charge in [-0.25, -0.2) is 14.4 Å². The molecule has 1 aromatic heterocycles. The number of anilines is 1. The maximum Gasteiger partial charge on any atom is 0.135 e. The predicted octanol–water partition coefficient (Wildman–Crippen LogP) is 3.52. The topological polar surface area (TPSA) is 37.8 Å². The molecule has 0 radical (unpaired) electrons. The van der Waals surface area contributed by atoms with Crippen LogP contribution in [0.2, 0.25) is 0 Å². The van der Waals surface area contributed by atoms with E-state index in [9.17, 15) is 4.39 Å². The Bertz CT molecular complexity index is 640. The van der Waals surface area contributed by atoms with Crippen LogP contribution in [0, 0.1) is 5.82 Å². The van der Waals surface area contributed by atoms with Crippen molar-refractivity contribution < 1.29 is 4.39 Å². The Morgan fingerprint density at radius 1 is 1.10 bits per heavy atom. The SMILES string of the molecule is CNc1nc(Cc2ccccc2F)nc2c1CCCCC2. The molecule has 0 aliphatic heterocycles. The Kier molecular flexibility index (Phi) is 4.13. The summed E-state index contributed by atoms with van der Waals surface area (Å²) in [6, 6.07) is 6.83. The summed E-state index contributed by atoms with van der Waals surface area (Å²) in [7, 11) is 1.89. The van der Waals surface area contributed by atoms with Crippen LogP contribution in [0.4, 0.5) is 10.2 Å². The fourth-order valence-corrected chi connectivity index (χ4v) is 2.92. The van der Waals surface area contributed by atoms with E-state index in [0.29, 0.717) is 17.8 Å². The van der Waals surface area contributed by atoms with Crippen LogP contribution in [0.25, 0.3) is 0 Å². The Morgan fingerprint density at radius 3 is 2.71 bits per heavy atom. The van der Waals surface area contributed by atoms with Crippen LogP contribution in [0.3, 0.4) is 0 Å². The van der Waals surface area contributed by atoms with Gasteiger partial charge in [-0.15, -0.1) is 0 Å². The van der Waals surface area contributed by atoms with Gasteiger partial charge in [-0.05, 0) is 37.3 Å². The number of hydrogen-bond acceptors (Lipinski definition) is 3. The van der Waals surface area contributed by atoms with Crippen LogP contribution in [-0.4, -0.2) is 17.0 Å². The standard InChI is InChI=1S/C17H20FN3/c1-19-17-13-8-3-2-4-10-15(13)20-16(21-17)11-12-7-5-6-9-14(12)18/h5-7,9H,2-4,8,10-11H2,1H3,(H,19,20,21). The van der Waals surface area contributed by atoms with Crippen LogP contribution >= 0.6 is 0 Å². The van der Waals surface area contributed by atoms with E-state index in [1.807, 2.05) is 13.1 Å². The van der Waals surface area contributed by atoms with Gasteiger partial charge in [-0.1, -0.05) is 24.6 Å². The van der Waals surface area contributed by atoms with E-state index in [1.54, 1.807) is 12.1 Å². The molecule has 3 nitrogen and oxygen atoms in total. The minimum Gasteiger partial charge on any atom is -0.373 e. The first kappa shape index (κ1) is 14.0. The van der Waals surface area contributed by atoms with Gasteiger partial charge in [0.2, 0.25) is 0 Å². The molecule has 0 saturated carbocycles. The molecule has 0 atom stereocenters. The molecule has 4 heteroatoms. The van der Waals surface area contributed by atoms with Crippen molar-refractivity contribution in [2.24, 2.45) is 0 Å². The molecule has 1 aromatic carbocycles. The first-order valence-electron chi connectivity index (χ1n) is 7.57. The lowest BCUT2D eigenvalue weighted by molar-refractivity contribution is 0.611. The summed E-state index contributed by atoms with van der Waals surface area (Å²) in [5, 5.41) is 3.18. The molecule has 0 spiro atoms. The van der Waals surface area contributed by atoms with Gasteiger partial charge in [-0.3, -0.25) is 0 Å². The number of aryl methyl sites for hydroxylation is 1. The van der Waals surface area contributed by atoms with E-state index in [2.05, 4.69) is 10.3 Å². The Hall–Kier alpha value is -1.97. The lowest BCUT2D eigenvalue weighted by atomic mass is 10.1. The van der Waals surface area contributed by atoms with E-state index < -0.39 is 0 Å². The summed E-state index contributed by atoms with van der Waals surface area (Å²) < 4.78 is 13.8. The highest BCUT2D eigenvalue weighted by Gasteiger charge is 2.16. The van der Waals surface area contributed by atoms with Crippen LogP contribution in [0.15, 0.2) is 24.3 Å². The number of fused-ring (bicyclic) bond motifs is 1. The molecule has 0 fully saturated rings. The smallest absolute Gasteiger partial charge is 0.135 e. The zero-order valence-corrected chi connectivity index (χ0v) is 12.3. The molecular formula is C17H20FN3. The fourth-order valence-electron chi connectivity index (χ4n) is 2.92. The Morgan fingerprint density at radius 2 is 1.90 bits per heavy atom. The number of rotatable bonds is 3. The molecule has 1 heterocycles. The molecule has 1 aliphatic rings. The Labute approximate surface area is 124 Å². The molecule has 1 N–H and O–H groups in total. The minimum atomic E-state index is -0.193. The minimum absolute atomic E-state index is 0.193. The molecule has 0 unspecified atom stereocenters. The van der Waals surface area contributed by atoms with Crippen molar-refractivity contribution in [2.75, 3.05) is 12.4 Å². The highest BCUT2D eigenvalue weighted by atomic mass is 19.1. The van der Waals surface area contributed by atoms with E-state index in [1.165, 1.54) is 30.9 Å². The summed E-state index contributed by atoms with van der Waals surface area (Å²) >= 11 is 0. The first-order chi connectivity index (χ1) is 10.3. The normalized spacial score (nSPS) is 14.4. The van der Waals surface area contributed by atoms with Gasteiger partial charge >= 0.3 is 0 Å². The van der Waals surface area contributed by atoms with E-state index in [0.717, 1.165) is 24.4 Å². The van der Waals surface area contributed by atoms with Gasteiger partial charge in [-0.2, -0.15) is 0 Å². The monoisotopic (exact) mass is 285 g/mol. The predicted molar refractivity (Wildman–Crippen MR) is 82.0 cm³/mol. The summed E-state index contributed by atoms with van der Waals surface area (Å²) in [6.45, 7) is 0. The third-order valence-corrected chi connectivity index (χ3v) is 4.02. The van der Waals surface area contributed by atoms with E-state index >= 15 is 0 Å². The second-order valence-corrected chi connectivity index (χ2v) is 5.49. The largest absolute Gasteiger partial charge is 0.373 e. The second kappa shape index (κ2) is 6.20. The summed E-state index contributed by atoms with van der Waals surface area (Å²) in [5.41, 5.74) is 3.03. The van der Waals surface area contributed by atoms with E-state index in [-0.39, 0.29) is 5.82 Å². The van der Waals surface area contributed by atoms with Gasteiger partial charge < -0.3 is 5.32 Å². The van der Waals surface area contributed by atoms with Crippen molar-refractivity contribution >= 4 is 5.82 Å². The molecule has 0 bridgehead atoms.